The number of benzene rings is 10. The Kier molecular flexibility index (Phi) is 7.82. The predicted octanol–water partition coefficient (Wildman–Crippen LogP) is 14.5. The number of aromatic nitrogens is 4. The highest BCUT2D eigenvalue weighted by Crippen LogP contribution is 2.37. The lowest BCUT2D eigenvalue weighted by atomic mass is 9.92. The molecule has 0 radical (unpaired) electrons. The smallest absolute Gasteiger partial charge is 0.164 e. The van der Waals surface area contributed by atoms with Crippen LogP contribution in [0.5, 0.6) is 0 Å². The second kappa shape index (κ2) is 13.8. The first-order chi connectivity index (χ1) is 29.6. The normalized spacial score (nSPS) is 11.7. The maximum atomic E-state index is 5.27. The third-order valence-corrected chi connectivity index (χ3v) is 11.8. The molecule has 10 aromatic carbocycles. The summed E-state index contributed by atoms with van der Waals surface area (Å²) in [6.45, 7) is 0. The average Bonchev–Trinajstić information content (AvgIpc) is 3.31. The third-order valence-electron chi connectivity index (χ3n) is 11.8. The summed E-state index contributed by atoms with van der Waals surface area (Å²) in [7, 11) is 0. The monoisotopic (exact) mass is 762 g/mol. The molecule has 0 aliphatic carbocycles. The minimum Gasteiger partial charge on any atom is -0.256 e. The van der Waals surface area contributed by atoms with Crippen molar-refractivity contribution in [1.82, 2.24) is 19.9 Å². The minimum absolute atomic E-state index is 0.614. The number of nitrogens with zero attached hydrogens (tertiary/aromatic N) is 4. The SMILES string of the molecule is c1ccc(-c2nc(-c3cc(-c4ccc5cc6ccccc6cc5c4)cc(-c4ccc5cc6ccccc6cc5c4)c3)nc(-c3ccc4cc5ncccc5cc4c3)n2)cc1. The Bertz CT molecular complexity index is 3530. The molecule has 2 aromatic heterocycles. The number of fused-ring (bicyclic) bond motifs is 6. The van der Waals surface area contributed by atoms with Crippen LogP contribution in [0.15, 0.2) is 206 Å². The molecule has 4 nitrogen and oxygen atoms in total. The van der Waals surface area contributed by atoms with Crippen LogP contribution in [-0.4, -0.2) is 19.9 Å². The van der Waals surface area contributed by atoms with Crippen LogP contribution in [0.25, 0.3) is 121 Å². The van der Waals surface area contributed by atoms with Gasteiger partial charge in [-0.3, -0.25) is 4.98 Å². The molecule has 0 aliphatic rings. The lowest BCUT2D eigenvalue weighted by molar-refractivity contribution is 1.07. The maximum absolute atomic E-state index is 5.27. The van der Waals surface area contributed by atoms with Crippen LogP contribution < -0.4 is 0 Å². The Morgan fingerprint density at radius 1 is 0.217 bits per heavy atom. The van der Waals surface area contributed by atoms with E-state index in [0.717, 1.165) is 60.6 Å². The van der Waals surface area contributed by atoms with Crippen molar-refractivity contribution >= 4 is 64.8 Å². The van der Waals surface area contributed by atoms with E-state index in [1.54, 1.807) is 0 Å². The average molecular weight is 763 g/mol. The van der Waals surface area contributed by atoms with Crippen molar-refractivity contribution in [3.05, 3.63) is 206 Å². The van der Waals surface area contributed by atoms with Gasteiger partial charge in [0, 0.05) is 28.3 Å². The zero-order chi connectivity index (χ0) is 39.6. The van der Waals surface area contributed by atoms with Gasteiger partial charge in [0.25, 0.3) is 0 Å². The molecule has 0 atom stereocenters. The van der Waals surface area contributed by atoms with E-state index in [2.05, 4.69) is 181 Å². The summed E-state index contributed by atoms with van der Waals surface area (Å²) in [6, 6.07) is 71.6. The molecule has 0 aliphatic heterocycles. The van der Waals surface area contributed by atoms with Gasteiger partial charge in [-0.1, -0.05) is 121 Å². The van der Waals surface area contributed by atoms with E-state index in [1.165, 1.54) is 43.1 Å². The fourth-order valence-electron chi connectivity index (χ4n) is 8.64. The van der Waals surface area contributed by atoms with Gasteiger partial charge in [-0.25, -0.2) is 15.0 Å². The first-order valence-electron chi connectivity index (χ1n) is 20.3. The van der Waals surface area contributed by atoms with Gasteiger partial charge >= 0.3 is 0 Å². The van der Waals surface area contributed by atoms with Gasteiger partial charge in [0.2, 0.25) is 0 Å². The lowest BCUT2D eigenvalue weighted by Gasteiger charge is -2.14. The quantitative estimate of drug-likeness (QED) is 0.164. The van der Waals surface area contributed by atoms with Gasteiger partial charge in [0.1, 0.15) is 0 Å². The Balaban J connectivity index is 1.07. The van der Waals surface area contributed by atoms with Crippen LogP contribution in [0.3, 0.4) is 0 Å². The molecular weight excluding hydrogens is 729 g/mol. The number of rotatable bonds is 5. The van der Waals surface area contributed by atoms with E-state index in [0.29, 0.717) is 17.5 Å². The molecule has 0 N–H and O–H groups in total. The highest BCUT2D eigenvalue weighted by Gasteiger charge is 2.16. The largest absolute Gasteiger partial charge is 0.256 e. The van der Waals surface area contributed by atoms with Crippen LogP contribution in [0.2, 0.25) is 0 Å². The zero-order valence-corrected chi connectivity index (χ0v) is 32.4. The van der Waals surface area contributed by atoms with Gasteiger partial charge in [-0.05, 0) is 155 Å². The van der Waals surface area contributed by atoms with E-state index in [4.69, 9.17) is 15.0 Å². The van der Waals surface area contributed by atoms with Crippen molar-refractivity contribution < 1.29 is 0 Å². The number of pyridine rings is 1. The summed E-state index contributed by atoms with van der Waals surface area (Å²) in [4.78, 5) is 20.2. The third kappa shape index (κ3) is 6.10. The molecule has 0 saturated heterocycles. The fourth-order valence-corrected chi connectivity index (χ4v) is 8.64. The molecule has 12 rings (SSSR count). The first-order valence-corrected chi connectivity index (χ1v) is 20.3. The molecule has 0 saturated carbocycles. The van der Waals surface area contributed by atoms with E-state index in [-0.39, 0.29) is 0 Å². The molecule has 0 spiro atoms. The molecule has 0 amide bonds. The fraction of sp³-hybridized carbons (Fsp3) is 0. The van der Waals surface area contributed by atoms with Crippen LogP contribution in [0.1, 0.15) is 0 Å². The molecule has 4 heteroatoms. The molecule has 278 valence electrons. The van der Waals surface area contributed by atoms with Crippen molar-refractivity contribution in [1.29, 1.82) is 0 Å². The highest BCUT2D eigenvalue weighted by molar-refractivity contribution is 6.02. The summed E-state index contributed by atoms with van der Waals surface area (Å²) < 4.78 is 0. The van der Waals surface area contributed by atoms with Crippen LogP contribution in [0, 0.1) is 0 Å². The van der Waals surface area contributed by atoms with E-state index in [9.17, 15) is 0 Å². The standard InChI is InChI=1S/C56H34N4/c1-2-9-35(10-3-1)54-58-55(46-21-20-44-34-53-45(15-8-22-57-53)29-49(44)30-46)60-56(59-54)52-32-50(42-18-16-40-23-36-11-4-6-13-38(36)25-47(40)27-42)31-51(33-52)43-19-17-41-24-37-12-5-7-14-39(37)26-48(41)28-43/h1-34H. The van der Waals surface area contributed by atoms with Crippen molar-refractivity contribution in [2.24, 2.45) is 0 Å². The molecule has 0 bridgehead atoms. The van der Waals surface area contributed by atoms with Crippen LogP contribution >= 0.6 is 0 Å². The summed E-state index contributed by atoms with van der Waals surface area (Å²) >= 11 is 0. The van der Waals surface area contributed by atoms with E-state index in [1.807, 2.05) is 30.5 Å². The summed E-state index contributed by atoms with van der Waals surface area (Å²) in [5.41, 5.74) is 8.17. The van der Waals surface area contributed by atoms with Crippen molar-refractivity contribution in [2.75, 3.05) is 0 Å². The second-order valence-corrected chi connectivity index (χ2v) is 15.6. The molecule has 0 fully saturated rings. The van der Waals surface area contributed by atoms with Gasteiger partial charge < -0.3 is 0 Å². The number of hydrogen-bond acceptors (Lipinski definition) is 4. The summed E-state index contributed by atoms with van der Waals surface area (Å²) in [5, 5.41) is 13.1. The van der Waals surface area contributed by atoms with Crippen LogP contribution in [-0.2, 0) is 0 Å². The highest BCUT2D eigenvalue weighted by atomic mass is 15.0. The Hall–Kier alpha value is -8.08. The minimum atomic E-state index is 0.614. The van der Waals surface area contributed by atoms with Gasteiger partial charge in [-0.2, -0.15) is 0 Å². The molecule has 60 heavy (non-hydrogen) atoms. The first kappa shape index (κ1) is 34.0. The van der Waals surface area contributed by atoms with Crippen LogP contribution in [0.4, 0.5) is 0 Å². The lowest BCUT2D eigenvalue weighted by Crippen LogP contribution is -2.00. The predicted molar refractivity (Wildman–Crippen MR) is 250 cm³/mol. The van der Waals surface area contributed by atoms with Crippen molar-refractivity contribution in [3.63, 3.8) is 0 Å². The topological polar surface area (TPSA) is 51.6 Å². The van der Waals surface area contributed by atoms with Crippen molar-refractivity contribution in [2.45, 2.75) is 0 Å². The van der Waals surface area contributed by atoms with Crippen molar-refractivity contribution in [3.8, 4) is 56.4 Å². The Morgan fingerprint density at radius 3 is 1.20 bits per heavy atom. The Morgan fingerprint density at radius 2 is 0.617 bits per heavy atom. The number of hydrogen-bond donors (Lipinski definition) is 0. The summed E-state index contributed by atoms with van der Waals surface area (Å²) in [6.07, 6.45) is 1.84. The molecule has 2 heterocycles. The zero-order valence-electron chi connectivity index (χ0n) is 32.4. The molecular formula is C56H34N4. The molecule has 12 aromatic rings. The maximum Gasteiger partial charge on any atom is 0.164 e. The van der Waals surface area contributed by atoms with E-state index >= 15 is 0 Å². The molecule has 0 unspecified atom stereocenters. The second-order valence-electron chi connectivity index (χ2n) is 15.6. The van der Waals surface area contributed by atoms with Gasteiger partial charge in [-0.15, -0.1) is 0 Å². The summed E-state index contributed by atoms with van der Waals surface area (Å²) in [5.74, 6) is 1.86. The van der Waals surface area contributed by atoms with E-state index < -0.39 is 0 Å². The Labute approximate surface area is 346 Å². The van der Waals surface area contributed by atoms with Gasteiger partial charge in [0.05, 0.1) is 5.52 Å². The van der Waals surface area contributed by atoms with Gasteiger partial charge in [0.15, 0.2) is 17.5 Å².